The highest BCUT2D eigenvalue weighted by atomic mass is 32.2. The molecule has 0 radical (unpaired) electrons. The molecule has 0 saturated carbocycles. The van der Waals surface area contributed by atoms with Crippen LogP contribution in [0.4, 0.5) is 8.78 Å². The molecule has 1 aromatic heterocycles. The number of aromatic nitrogens is 1. The first-order chi connectivity index (χ1) is 9.04. The Morgan fingerprint density at radius 2 is 2.21 bits per heavy atom. The van der Waals surface area contributed by atoms with Crippen molar-refractivity contribution in [3.63, 3.8) is 0 Å². The predicted molar refractivity (Wildman–Crippen MR) is 69.4 cm³/mol. The zero-order valence-electron chi connectivity index (χ0n) is 9.60. The van der Waals surface area contributed by atoms with E-state index in [4.69, 9.17) is 5.11 Å². The van der Waals surface area contributed by atoms with Gasteiger partial charge in [0.15, 0.2) is 0 Å². The lowest BCUT2D eigenvalue weighted by Gasteiger charge is -2.01. The van der Waals surface area contributed by atoms with Crippen molar-refractivity contribution in [2.75, 3.05) is 0 Å². The summed E-state index contributed by atoms with van der Waals surface area (Å²) in [6.45, 7) is 0. The fraction of sp³-hybridized carbons (Fsp3) is 0.167. The number of thiazole rings is 1. The number of carbonyl (C=O) groups is 1. The largest absolute Gasteiger partial charge is 0.481 e. The fourth-order valence-electron chi connectivity index (χ4n) is 1.37. The number of hydrogen-bond donors (Lipinski definition) is 1. The maximum absolute atomic E-state index is 13.4. The van der Waals surface area contributed by atoms with Gasteiger partial charge >= 0.3 is 5.97 Å². The van der Waals surface area contributed by atoms with Gasteiger partial charge in [-0.05, 0) is 11.6 Å². The van der Waals surface area contributed by atoms with Crippen molar-refractivity contribution in [1.82, 2.24) is 4.98 Å². The van der Waals surface area contributed by atoms with Gasteiger partial charge in [-0.1, -0.05) is 17.8 Å². The van der Waals surface area contributed by atoms with E-state index < -0.39 is 17.6 Å². The summed E-state index contributed by atoms with van der Waals surface area (Å²) >= 11 is 2.61. The van der Waals surface area contributed by atoms with Crippen molar-refractivity contribution in [1.29, 1.82) is 0 Å². The molecule has 1 aromatic carbocycles. The van der Waals surface area contributed by atoms with E-state index in [-0.39, 0.29) is 6.42 Å². The summed E-state index contributed by atoms with van der Waals surface area (Å²) in [5.41, 5.74) is 0.876. The third-order valence-electron chi connectivity index (χ3n) is 2.23. The third kappa shape index (κ3) is 4.00. The van der Waals surface area contributed by atoms with Gasteiger partial charge in [0, 0.05) is 17.2 Å². The predicted octanol–water partition coefficient (Wildman–Crippen LogP) is 3.34. The summed E-state index contributed by atoms with van der Waals surface area (Å²) in [5.74, 6) is -1.81. The number of rotatable bonds is 5. The Morgan fingerprint density at radius 1 is 1.42 bits per heavy atom. The van der Waals surface area contributed by atoms with E-state index in [9.17, 15) is 13.6 Å². The number of hydrogen-bond acceptors (Lipinski definition) is 4. The SMILES string of the molecule is O=C(O)Cc1csc(SCc2ccc(F)cc2F)n1. The topological polar surface area (TPSA) is 50.2 Å². The van der Waals surface area contributed by atoms with Crippen molar-refractivity contribution in [3.8, 4) is 0 Å². The summed E-state index contributed by atoms with van der Waals surface area (Å²) in [7, 11) is 0. The van der Waals surface area contributed by atoms with E-state index in [1.165, 1.54) is 35.2 Å². The van der Waals surface area contributed by atoms with E-state index in [0.717, 1.165) is 6.07 Å². The molecule has 2 aromatic rings. The number of aliphatic carboxylic acids is 1. The number of nitrogens with zero attached hydrogens (tertiary/aromatic N) is 1. The van der Waals surface area contributed by atoms with E-state index in [0.29, 0.717) is 21.3 Å². The molecule has 19 heavy (non-hydrogen) atoms. The van der Waals surface area contributed by atoms with Gasteiger partial charge < -0.3 is 5.11 Å². The molecule has 1 N–H and O–H groups in total. The van der Waals surface area contributed by atoms with Crippen molar-refractivity contribution >= 4 is 29.1 Å². The number of halogens is 2. The summed E-state index contributed by atoms with van der Waals surface area (Å²) in [4.78, 5) is 14.6. The van der Waals surface area contributed by atoms with Crippen LogP contribution in [0.3, 0.4) is 0 Å². The van der Waals surface area contributed by atoms with Crippen LogP contribution in [0.15, 0.2) is 27.9 Å². The first-order valence-electron chi connectivity index (χ1n) is 5.27. The Balaban J connectivity index is 1.98. The molecule has 0 amide bonds. The van der Waals surface area contributed by atoms with E-state index >= 15 is 0 Å². The van der Waals surface area contributed by atoms with Gasteiger partial charge in [-0.2, -0.15) is 0 Å². The van der Waals surface area contributed by atoms with Crippen LogP contribution in [0, 0.1) is 11.6 Å². The first kappa shape index (κ1) is 14.0. The Morgan fingerprint density at radius 3 is 2.89 bits per heavy atom. The average molecular weight is 301 g/mol. The molecule has 1 heterocycles. The molecule has 0 aliphatic rings. The molecule has 100 valence electrons. The number of carboxylic acids is 1. The molecular formula is C12H9F2NO2S2. The second-order valence-electron chi connectivity index (χ2n) is 3.70. The Kier molecular flexibility index (Phi) is 4.49. The van der Waals surface area contributed by atoms with Crippen LogP contribution >= 0.6 is 23.1 Å². The zero-order valence-corrected chi connectivity index (χ0v) is 11.2. The minimum atomic E-state index is -0.938. The summed E-state index contributed by atoms with van der Waals surface area (Å²) in [6, 6.07) is 3.44. The highest BCUT2D eigenvalue weighted by Gasteiger charge is 2.09. The van der Waals surface area contributed by atoms with Gasteiger partial charge in [-0.3, -0.25) is 4.79 Å². The van der Waals surface area contributed by atoms with Gasteiger partial charge in [-0.25, -0.2) is 13.8 Å². The lowest BCUT2D eigenvalue weighted by Crippen LogP contribution is -1.99. The van der Waals surface area contributed by atoms with Gasteiger partial charge in [0.1, 0.15) is 16.0 Å². The van der Waals surface area contributed by atoms with E-state index in [2.05, 4.69) is 4.98 Å². The zero-order chi connectivity index (χ0) is 13.8. The lowest BCUT2D eigenvalue weighted by molar-refractivity contribution is -0.136. The van der Waals surface area contributed by atoms with Gasteiger partial charge in [-0.15, -0.1) is 11.3 Å². The Labute approximate surface area is 116 Å². The highest BCUT2D eigenvalue weighted by Crippen LogP contribution is 2.27. The molecular weight excluding hydrogens is 292 g/mol. The summed E-state index contributed by atoms with van der Waals surface area (Å²) in [5, 5.41) is 10.3. The van der Waals surface area contributed by atoms with Crippen molar-refractivity contribution in [3.05, 3.63) is 46.5 Å². The van der Waals surface area contributed by atoms with Gasteiger partial charge in [0.05, 0.1) is 12.1 Å². The Bertz CT molecular complexity index is 601. The molecule has 0 spiro atoms. The molecule has 0 bridgehead atoms. The molecule has 0 atom stereocenters. The van der Waals surface area contributed by atoms with E-state index in [1.807, 2.05) is 0 Å². The Hall–Kier alpha value is -1.47. The van der Waals surface area contributed by atoms with E-state index in [1.54, 1.807) is 5.38 Å². The molecule has 7 heteroatoms. The number of carboxylic acid groups (broad SMARTS) is 1. The first-order valence-corrected chi connectivity index (χ1v) is 7.14. The molecule has 0 unspecified atom stereocenters. The van der Waals surface area contributed by atoms with Crippen molar-refractivity contribution < 1.29 is 18.7 Å². The molecule has 2 rings (SSSR count). The molecule has 0 aliphatic carbocycles. The molecule has 0 aliphatic heterocycles. The highest BCUT2D eigenvalue weighted by molar-refractivity contribution is 8.00. The van der Waals surface area contributed by atoms with Crippen LogP contribution in [-0.4, -0.2) is 16.1 Å². The number of thioether (sulfide) groups is 1. The summed E-state index contributed by atoms with van der Waals surface area (Å²) < 4.78 is 26.8. The summed E-state index contributed by atoms with van der Waals surface area (Å²) in [6.07, 6.45) is -0.123. The van der Waals surface area contributed by atoms with Crippen LogP contribution in [0.25, 0.3) is 0 Å². The molecule has 0 saturated heterocycles. The maximum atomic E-state index is 13.4. The minimum Gasteiger partial charge on any atom is -0.481 e. The fourth-order valence-corrected chi connectivity index (χ4v) is 3.20. The molecule has 3 nitrogen and oxygen atoms in total. The third-order valence-corrected chi connectivity index (χ3v) is 4.35. The monoisotopic (exact) mass is 301 g/mol. The van der Waals surface area contributed by atoms with Crippen LogP contribution < -0.4 is 0 Å². The van der Waals surface area contributed by atoms with Crippen molar-refractivity contribution in [2.24, 2.45) is 0 Å². The van der Waals surface area contributed by atoms with Crippen LogP contribution in [0.1, 0.15) is 11.3 Å². The smallest absolute Gasteiger partial charge is 0.309 e. The normalized spacial score (nSPS) is 10.6. The van der Waals surface area contributed by atoms with Crippen molar-refractivity contribution in [2.45, 2.75) is 16.5 Å². The maximum Gasteiger partial charge on any atom is 0.309 e. The average Bonchev–Trinajstić information content (AvgIpc) is 2.74. The molecule has 0 fully saturated rings. The second kappa shape index (κ2) is 6.12. The van der Waals surface area contributed by atoms with Crippen LogP contribution in [-0.2, 0) is 17.0 Å². The quantitative estimate of drug-likeness (QED) is 0.861. The minimum absolute atomic E-state index is 0.123. The standard InChI is InChI=1S/C12H9F2NO2S2/c13-8-2-1-7(10(14)3-8)5-18-12-15-9(6-19-12)4-11(16)17/h1-3,6H,4-5H2,(H,16,17). The number of benzene rings is 1. The van der Waals surface area contributed by atoms with Crippen LogP contribution in [0.5, 0.6) is 0 Å². The van der Waals surface area contributed by atoms with Gasteiger partial charge in [0.2, 0.25) is 0 Å². The van der Waals surface area contributed by atoms with Crippen LogP contribution in [0.2, 0.25) is 0 Å². The van der Waals surface area contributed by atoms with Gasteiger partial charge in [0.25, 0.3) is 0 Å². The lowest BCUT2D eigenvalue weighted by atomic mass is 10.2. The second-order valence-corrected chi connectivity index (χ2v) is 5.78.